The molecular weight excluding hydrogens is 328 g/mol. The Hall–Kier alpha value is -1.60. The summed E-state index contributed by atoms with van der Waals surface area (Å²) in [5.74, 6) is -1.11. The van der Waals surface area contributed by atoms with Crippen LogP contribution in [0.1, 0.15) is 23.7 Å². The Balaban J connectivity index is 2.88. The van der Waals surface area contributed by atoms with Crippen molar-refractivity contribution in [2.45, 2.75) is 13.3 Å². The van der Waals surface area contributed by atoms with Gasteiger partial charge in [-0.15, -0.1) is 0 Å². The van der Waals surface area contributed by atoms with Gasteiger partial charge in [0.1, 0.15) is 0 Å². The normalized spacial score (nSPS) is 10.2. The maximum absolute atomic E-state index is 12.1. The number of carboxylic acid groups (broad SMARTS) is 1. The first kappa shape index (κ1) is 16.5. The van der Waals surface area contributed by atoms with Gasteiger partial charge >= 0.3 is 12.0 Å². The molecule has 1 aromatic rings. The number of amides is 2. The van der Waals surface area contributed by atoms with Gasteiger partial charge in [0, 0.05) is 24.2 Å². The molecule has 1 rings (SSSR count). The fourth-order valence-corrected chi connectivity index (χ4v) is 2.03. The molecule has 20 heavy (non-hydrogen) atoms. The predicted molar refractivity (Wildman–Crippen MR) is 79.1 cm³/mol. The third-order valence-corrected chi connectivity index (χ3v) is 3.20. The van der Waals surface area contributed by atoms with E-state index in [2.05, 4.69) is 21.2 Å². The summed E-state index contributed by atoms with van der Waals surface area (Å²) in [6.07, 6.45) is 0.478. The van der Waals surface area contributed by atoms with Crippen LogP contribution in [0.25, 0.3) is 0 Å². The molecule has 3 N–H and O–H groups in total. The summed E-state index contributed by atoms with van der Waals surface area (Å²) in [7, 11) is 0. The molecule has 0 atom stereocenters. The van der Waals surface area contributed by atoms with Crippen molar-refractivity contribution in [2.24, 2.45) is 0 Å². The van der Waals surface area contributed by atoms with Crippen molar-refractivity contribution >= 4 is 33.6 Å². The first-order valence-electron chi connectivity index (χ1n) is 6.19. The van der Waals surface area contributed by atoms with Gasteiger partial charge in [-0.3, -0.25) is 0 Å². The van der Waals surface area contributed by atoms with Crippen molar-refractivity contribution in [3.05, 3.63) is 28.2 Å². The number of hydrogen-bond acceptors (Lipinski definition) is 3. The van der Waals surface area contributed by atoms with Crippen LogP contribution in [0, 0.1) is 0 Å². The van der Waals surface area contributed by atoms with E-state index < -0.39 is 5.97 Å². The Morgan fingerprint density at radius 2 is 2.10 bits per heavy atom. The number of aliphatic hydroxyl groups is 1. The van der Waals surface area contributed by atoms with Crippen LogP contribution in [0.4, 0.5) is 10.5 Å². The van der Waals surface area contributed by atoms with Crippen molar-refractivity contribution in [3.63, 3.8) is 0 Å². The highest BCUT2D eigenvalue weighted by Gasteiger charge is 2.16. The van der Waals surface area contributed by atoms with Crippen molar-refractivity contribution in [1.29, 1.82) is 0 Å². The van der Waals surface area contributed by atoms with Crippen molar-refractivity contribution in [1.82, 2.24) is 4.90 Å². The Morgan fingerprint density at radius 3 is 2.65 bits per heavy atom. The second-order valence-corrected chi connectivity index (χ2v) is 5.00. The van der Waals surface area contributed by atoms with E-state index in [0.717, 1.165) is 0 Å². The quantitative estimate of drug-likeness (QED) is 0.738. The van der Waals surface area contributed by atoms with Gasteiger partial charge in [0.05, 0.1) is 11.3 Å². The van der Waals surface area contributed by atoms with E-state index in [1.807, 2.05) is 6.92 Å². The molecule has 0 bridgehead atoms. The summed E-state index contributed by atoms with van der Waals surface area (Å²) in [5.41, 5.74) is 0.263. The Kier molecular flexibility index (Phi) is 6.47. The average molecular weight is 345 g/mol. The molecular formula is C13H17BrN2O4. The topological polar surface area (TPSA) is 89.9 Å². The van der Waals surface area contributed by atoms with E-state index in [9.17, 15) is 9.59 Å². The maximum Gasteiger partial charge on any atom is 0.337 e. The fourth-order valence-electron chi connectivity index (χ4n) is 1.67. The molecule has 1 aromatic carbocycles. The summed E-state index contributed by atoms with van der Waals surface area (Å²) >= 11 is 3.24. The van der Waals surface area contributed by atoms with Crippen LogP contribution in [0.3, 0.4) is 0 Å². The van der Waals surface area contributed by atoms with Gasteiger partial charge in [0.2, 0.25) is 0 Å². The third-order valence-electron chi connectivity index (χ3n) is 2.71. The molecule has 0 radical (unpaired) electrons. The SMILES string of the molecule is CCN(CCCO)C(=O)Nc1cc(Br)ccc1C(=O)O. The number of aliphatic hydroxyl groups excluding tert-OH is 1. The molecule has 0 aliphatic heterocycles. The van der Waals surface area contributed by atoms with Crippen LogP contribution < -0.4 is 5.32 Å². The number of carbonyl (C=O) groups excluding carboxylic acids is 1. The van der Waals surface area contributed by atoms with Crippen LogP contribution in [0.2, 0.25) is 0 Å². The number of nitrogens with zero attached hydrogens (tertiary/aromatic N) is 1. The molecule has 0 saturated heterocycles. The zero-order chi connectivity index (χ0) is 15.1. The van der Waals surface area contributed by atoms with E-state index in [1.165, 1.54) is 11.0 Å². The van der Waals surface area contributed by atoms with E-state index in [1.54, 1.807) is 12.1 Å². The number of benzene rings is 1. The van der Waals surface area contributed by atoms with E-state index in [4.69, 9.17) is 10.2 Å². The molecule has 0 aromatic heterocycles. The van der Waals surface area contributed by atoms with Crippen LogP contribution in [-0.4, -0.2) is 46.8 Å². The minimum Gasteiger partial charge on any atom is -0.478 e. The predicted octanol–water partition coefficient (Wildman–Crippen LogP) is 2.38. The monoisotopic (exact) mass is 344 g/mol. The molecule has 110 valence electrons. The number of rotatable bonds is 6. The number of anilines is 1. The summed E-state index contributed by atoms with van der Waals surface area (Å²) in [5, 5.41) is 20.5. The van der Waals surface area contributed by atoms with Crippen molar-refractivity contribution in [2.75, 3.05) is 25.0 Å². The summed E-state index contributed by atoms with van der Waals surface area (Å²) in [6.45, 7) is 2.70. The van der Waals surface area contributed by atoms with Crippen molar-refractivity contribution < 1.29 is 19.8 Å². The standard InChI is InChI=1S/C13H17BrN2O4/c1-2-16(6-3-7-17)13(20)15-11-8-9(14)4-5-10(11)12(18)19/h4-5,8,17H,2-3,6-7H2,1H3,(H,15,20)(H,18,19). The molecule has 7 heteroatoms. The lowest BCUT2D eigenvalue weighted by Gasteiger charge is -2.21. The van der Waals surface area contributed by atoms with E-state index >= 15 is 0 Å². The first-order chi connectivity index (χ1) is 9.49. The van der Waals surface area contributed by atoms with Gasteiger partial charge in [-0.05, 0) is 31.5 Å². The maximum atomic E-state index is 12.1. The molecule has 2 amide bonds. The number of nitrogens with one attached hydrogen (secondary N) is 1. The first-order valence-corrected chi connectivity index (χ1v) is 6.98. The largest absolute Gasteiger partial charge is 0.478 e. The molecule has 0 aliphatic carbocycles. The lowest BCUT2D eigenvalue weighted by molar-refractivity contribution is 0.0698. The minimum absolute atomic E-state index is 0.00103. The van der Waals surface area contributed by atoms with Gasteiger partial charge < -0.3 is 20.4 Å². The highest BCUT2D eigenvalue weighted by molar-refractivity contribution is 9.10. The zero-order valence-electron chi connectivity index (χ0n) is 11.1. The Bertz CT molecular complexity index is 493. The van der Waals surface area contributed by atoms with Crippen LogP contribution in [0.5, 0.6) is 0 Å². The Morgan fingerprint density at radius 1 is 1.40 bits per heavy atom. The van der Waals surface area contributed by atoms with E-state index in [-0.39, 0.29) is 23.9 Å². The zero-order valence-corrected chi connectivity index (χ0v) is 12.7. The number of carbonyl (C=O) groups is 2. The molecule has 0 spiro atoms. The van der Waals surface area contributed by atoms with Crippen LogP contribution in [-0.2, 0) is 0 Å². The second kappa shape index (κ2) is 7.86. The van der Waals surface area contributed by atoms with Gasteiger partial charge in [-0.25, -0.2) is 9.59 Å². The Labute approximate surface area is 125 Å². The highest BCUT2D eigenvalue weighted by Crippen LogP contribution is 2.22. The van der Waals surface area contributed by atoms with Gasteiger partial charge in [-0.1, -0.05) is 15.9 Å². The lowest BCUT2D eigenvalue weighted by atomic mass is 10.2. The molecule has 0 unspecified atom stereocenters. The van der Waals surface area contributed by atoms with Crippen LogP contribution in [0.15, 0.2) is 22.7 Å². The fraction of sp³-hybridized carbons (Fsp3) is 0.385. The van der Waals surface area contributed by atoms with Gasteiger partial charge in [-0.2, -0.15) is 0 Å². The number of hydrogen-bond donors (Lipinski definition) is 3. The smallest absolute Gasteiger partial charge is 0.337 e. The average Bonchev–Trinajstić information content (AvgIpc) is 2.39. The summed E-state index contributed by atoms with van der Waals surface area (Å²) < 4.78 is 0.677. The summed E-state index contributed by atoms with van der Waals surface area (Å²) in [6, 6.07) is 4.18. The van der Waals surface area contributed by atoms with Crippen LogP contribution >= 0.6 is 15.9 Å². The number of carboxylic acids is 1. The second-order valence-electron chi connectivity index (χ2n) is 4.08. The molecule has 6 nitrogen and oxygen atoms in total. The number of aromatic carboxylic acids is 1. The van der Waals surface area contributed by atoms with E-state index in [0.29, 0.717) is 24.0 Å². The molecule has 0 fully saturated rings. The summed E-state index contributed by atoms with van der Waals surface area (Å²) in [4.78, 5) is 24.7. The third kappa shape index (κ3) is 4.50. The molecule has 0 heterocycles. The van der Waals surface area contributed by atoms with Gasteiger partial charge in [0.15, 0.2) is 0 Å². The minimum atomic E-state index is -1.11. The highest BCUT2D eigenvalue weighted by atomic mass is 79.9. The number of urea groups is 1. The van der Waals surface area contributed by atoms with Gasteiger partial charge in [0.25, 0.3) is 0 Å². The molecule has 0 aliphatic rings. The lowest BCUT2D eigenvalue weighted by Crippen LogP contribution is -2.36. The number of halogens is 1. The van der Waals surface area contributed by atoms with Crippen molar-refractivity contribution in [3.8, 4) is 0 Å². The molecule has 0 saturated carbocycles.